The molecule has 16 heavy (non-hydrogen) atoms. The fourth-order valence-corrected chi connectivity index (χ4v) is 1.76. The molecule has 0 radical (unpaired) electrons. The molecule has 1 rings (SSSR count). The number of halogens is 1. The largest absolute Gasteiger partial charge is 0.370 e. The van der Waals surface area contributed by atoms with Gasteiger partial charge in [-0.3, -0.25) is 0 Å². The van der Waals surface area contributed by atoms with Crippen molar-refractivity contribution in [1.29, 1.82) is 0 Å². The average molecular weight is 242 g/mol. The van der Waals surface area contributed by atoms with Gasteiger partial charge in [0.15, 0.2) is 0 Å². The molecule has 0 aliphatic carbocycles. The summed E-state index contributed by atoms with van der Waals surface area (Å²) in [5.41, 5.74) is 0.941. The van der Waals surface area contributed by atoms with Crippen molar-refractivity contribution in [3.8, 4) is 0 Å². The molecule has 1 N–H and O–H groups in total. The molecule has 0 spiro atoms. The molecule has 1 heterocycles. The van der Waals surface area contributed by atoms with Crippen molar-refractivity contribution in [2.45, 2.75) is 26.8 Å². The highest BCUT2D eigenvalue weighted by atomic mass is 35.5. The van der Waals surface area contributed by atoms with E-state index in [2.05, 4.69) is 36.1 Å². The minimum absolute atomic E-state index is 0.740. The fraction of sp³-hybridized carbons (Fsp3) is 0.583. The lowest BCUT2D eigenvalue weighted by Crippen LogP contribution is -2.19. The zero-order chi connectivity index (χ0) is 12.0. The molecule has 0 aromatic carbocycles. The van der Waals surface area contributed by atoms with E-state index in [0.717, 1.165) is 42.6 Å². The van der Waals surface area contributed by atoms with Gasteiger partial charge in [0.25, 0.3) is 0 Å². The average Bonchev–Trinajstić information content (AvgIpc) is 2.24. The van der Waals surface area contributed by atoms with Gasteiger partial charge in [-0.15, -0.1) is 0 Å². The lowest BCUT2D eigenvalue weighted by molar-refractivity contribution is 0.324. The first-order valence-corrected chi connectivity index (χ1v) is 6.13. The third-order valence-corrected chi connectivity index (χ3v) is 2.65. The van der Waals surface area contributed by atoms with E-state index in [1.165, 1.54) is 0 Å². The van der Waals surface area contributed by atoms with E-state index < -0.39 is 0 Å². The Morgan fingerprint density at radius 1 is 1.38 bits per heavy atom. The first kappa shape index (κ1) is 13.3. The maximum Gasteiger partial charge on any atom is 0.126 e. The molecule has 0 atom stereocenters. The van der Waals surface area contributed by atoms with Crippen molar-refractivity contribution in [1.82, 2.24) is 9.88 Å². The molecule has 90 valence electrons. The van der Waals surface area contributed by atoms with Crippen LogP contribution in [0.1, 0.15) is 26.0 Å². The number of aromatic nitrogens is 1. The van der Waals surface area contributed by atoms with Gasteiger partial charge in [0.1, 0.15) is 5.82 Å². The van der Waals surface area contributed by atoms with Crippen LogP contribution in [0.3, 0.4) is 0 Å². The Morgan fingerprint density at radius 3 is 2.75 bits per heavy atom. The highest BCUT2D eigenvalue weighted by Gasteiger charge is 2.06. The van der Waals surface area contributed by atoms with E-state index in [-0.39, 0.29) is 0 Å². The molecule has 0 amide bonds. The Hall–Kier alpha value is -0.800. The molecule has 4 heteroatoms. The summed E-state index contributed by atoms with van der Waals surface area (Å²) < 4.78 is 0. The van der Waals surface area contributed by atoms with Gasteiger partial charge in [0.2, 0.25) is 0 Å². The molecule has 0 fully saturated rings. The van der Waals surface area contributed by atoms with E-state index in [1.54, 1.807) is 0 Å². The minimum Gasteiger partial charge on any atom is -0.370 e. The minimum atomic E-state index is 0.740. The highest BCUT2D eigenvalue weighted by Crippen LogP contribution is 2.18. The fourth-order valence-electron chi connectivity index (χ4n) is 1.59. The predicted octanol–water partition coefficient (Wildman–Crippen LogP) is 3.01. The molecule has 1 aromatic rings. The first-order chi connectivity index (χ1) is 7.67. The number of nitrogens with zero attached hydrogens (tertiary/aromatic N) is 2. The highest BCUT2D eigenvalue weighted by molar-refractivity contribution is 6.31. The molecule has 1 aromatic heterocycles. The van der Waals surface area contributed by atoms with Crippen molar-refractivity contribution in [3.63, 3.8) is 0 Å². The van der Waals surface area contributed by atoms with Crippen molar-refractivity contribution >= 4 is 17.4 Å². The molecule has 0 aliphatic rings. The third-order valence-electron chi connectivity index (χ3n) is 2.30. The molecular formula is C12H20ClN3. The summed E-state index contributed by atoms with van der Waals surface area (Å²) in [6, 6.07) is 3.82. The number of rotatable bonds is 6. The zero-order valence-electron chi connectivity index (χ0n) is 10.3. The Bertz CT molecular complexity index is 328. The van der Waals surface area contributed by atoms with Crippen LogP contribution in [0.15, 0.2) is 12.1 Å². The zero-order valence-corrected chi connectivity index (χ0v) is 11.0. The van der Waals surface area contributed by atoms with Crippen LogP contribution < -0.4 is 5.32 Å². The SMILES string of the molecule is CCCN(C)Cc1nc(NCC)ccc1Cl. The van der Waals surface area contributed by atoms with E-state index in [4.69, 9.17) is 11.6 Å². The van der Waals surface area contributed by atoms with Crippen LogP contribution in [0.4, 0.5) is 5.82 Å². The van der Waals surface area contributed by atoms with Crippen LogP contribution in [0.2, 0.25) is 5.02 Å². The van der Waals surface area contributed by atoms with Gasteiger partial charge in [0.05, 0.1) is 10.7 Å². The predicted molar refractivity (Wildman–Crippen MR) is 70.0 cm³/mol. The summed E-state index contributed by atoms with van der Waals surface area (Å²) in [7, 11) is 2.08. The summed E-state index contributed by atoms with van der Waals surface area (Å²) in [6.45, 7) is 6.95. The molecule has 0 aliphatic heterocycles. The maximum absolute atomic E-state index is 6.12. The van der Waals surface area contributed by atoms with Gasteiger partial charge in [-0.25, -0.2) is 4.98 Å². The van der Waals surface area contributed by atoms with Gasteiger partial charge < -0.3 is 10.2 Å². The van der Waals surface area contributed by atoms with Crippen molar-refractivity contribution in [2.24, 2.45) is 0 Å². The lowest BCUT2D eigenvalue weighted by Gasteiger charge is -2.16. The van der Waals surface area contributed by atoms with Crippen LogP contribution in [0.5, 0.6) is 0 Å². The molecule has 0 unspecified atom stereocenters. The third kappa shape index (κ3) is 3.99. The van der Waals surface area contributed by atoms with Crippen molar-refractivity contribution in [3.05, 3.63) is 22.8 Å². The van der Waals surface area contributed by atoms with Gasteiger partial charge >= 0.3 is 0 Å². The Morgan fingerprint density at radius 2 is 2.12 bits per heavy atom. The van der Waals surface area contributed by atoms with Crippen molar-refractivity contribution < 1.29 is 0 Å². The first-order valence-electron chi connectivity index (χ1n) is 5.75. The molecular weight excluding hydrogens is 222 g/mol. The standard InChI is InChI=1S/C12H20ClN3/c1-4-8-16(3)9-11-10(13)6-7-12(15-11)14-5-2/h6-7H,4-5,8-9H2,1-3H3,(H,14,15). The Kier molecular flexibility index (Phi) is 5.56. The summed E-state index contributed by atoms with van der Waals surface area (Å²) in [5.74, 6) is 0.895. The smallest absolute Gasteiger partial charge is 0.126 e. The Labute approximate surface area is 103 Å². The number of nitrogens with one attached hydrogen (secondary N) is 1. The van der Waals surface area contributed by atoms with Gasteiger partial charge in [-0.2, -0.15) is 0 Å². The quantitative estimate of drug-likeness (QED) is 0.830. The second-order valence-corrected chi connectivity index (χ2v) is 4.30. The number of pyridine rings is 1. The van der Waals surface area contributed by atoms with Gasteiger partial charge in [0, 0.05) is 13.1 Å². The van der Waals surface area contributed by atoms with E-state index in [9.17, 15) is 0 Å². The second kappa shape index (κ2) is 6.71. The van der Waals surface area contributed by atoms with Crippen LogP contribution in [-0.4, -0.2) is 30.0 Å². The van der Waals surface area contributed by atoms with E-state index in [1.807, 2.05) is 12.1 Å². The number of anilines is 1. The van der Waals surface area contributed by atoms with Crippen LogP contribution >= 0.6 is 11.6 Å². The second-order valence-electron chi connectivity index (χ2n) is 3.89. The molecule has 0 saturated carbocycles. The molecule has 0 saturated heterocycles. The summed E-state index contributed by atoms with van der Waals surface area (Å²) in [4.78, 5) is 6.73. The summed E-state index contributed by atoms with van der Waals surface area (Å²) >= 11 is 6.12. The van der Waals surface area contributed by atoms with E-state index >= 15 is 0 Å². The maximum atomic E-state index is 6.12. The van der Waals surface area contributed by atoms with Gasteiger partial charge in [-0.1, -0.05) is 18.5 Å². The van der Waals surface area contributed by atoms with Gasteiger partial charge in [-0.05, 0) is 39.1 Å². The number of hydrogen-bond donors (Lipinski definition) is 1. The monoisotopic (exact) mass is 241 g/mol. The Balaban J connectivity index is 2.73. The van der Waals surface area contributed by atoms with E-state index in [0.29, 0.717) is 0 Å². The topological polar surface area (TPSA) is 28.2 Å². The van der Waals surface area contributed by atoms with Crippen molar-refractivity contribution in [2.75, 3.05) is 25.5 Å². The van der Waals surface area contributed by atoms with Crippen LogP contribution in [0, 0.1) is 0 Å². The molecule has 3 nitrogen and oxygen atoms in total. The van der Waals surface area contributed by atoms with Crippen LogP contribution in [0.25, 0.3) is 0 Å². The molecule has 0 bridgehead atoms. The lowest BCUT2D eigenvalue weighted by atomic mass is 10.3. The summed E-state index contributed by atoms with van der Waals surface area (Å²) in [5, 5.41) is 3.93. The van der Waals surface area contributed by atoms with Crippen LogP contribution in [-0.2, 0) is 6.54 Å². The normalized spacial score (nSPS) is 10.8. The number of hydrogen-bond acceptors (Lipinski definition) is 3. The summed E-state index contributed by atoms with van der Waals surface area (Å²) in [6.07, 6.45) is 1.14.